The van der Waals surface area contributed by atoms with Crippen molar-refractivity contribution >= 4 is 16.6 Å². The van der Waals surface area contributed by atoms with Crippen molar-refractivity contribution in [3.05, 3.63) is 24.3 Å². The molecule has 0 aliphatic rings. The molecule has 98 valence electrons. The summed E-state index contributed by atoms with van der Waals surface area (Å²) in [4.78, 5) is 0.864. The Labute approximate surface area is 105 Å². The van der Waals surface area contributed by atoms with E-state index in [2.05, 4.69) is 0 Å². The van der Waals surface area contributed by atoms with Crippen molar-refractivity contribution < 1.29 is 12.5 Å². The molecule has 0 radical (unpaired) electrons. The monoisotopic (exact) mass is 259 g/mol. The first-order valence-corrected chi connectivity index (χ1v) is 7.21. The van der Waals surface area contributed by atoms with Gasteiger partial charge in [-0.2, -0.15) is 0 Å². The maximum absolute atomic E-state index is 5.79. The molecule has 0 amide bonds. The largest absolute Gasteiger partial charge is 0.399 e. The van der Waals surface area contributed by atoms with E-state index in [9.17, 15) is 0 Å². The van der Waals surface area contributed by atoms with Gasteiger partial charge in [0.15, 0.2) is 0 Å². The Balaban J connectivity index is 3.09. The third-order valence-electron chi connectivity index (χ3n) is 1.97. The van der Waals surface area contributed by atoms with Gasteiger partial charge in [-0.25, -0.2) is 0 Å². The summed E-state index contributed by atoms with van der Waals surface area (Å²) in [6.45, 7) is 7.36. The molecule has 4 nitrogen and oxygen atoms in total. The van der Waals surface area contributed by atoms with Gasteiger partial charge in [0.05, 0.1) is 24.7 Å². The Morgan fingerprint density at radius 3 is 1.94 bits per heavy atom. The summed E-state index contributed by atoms with van der Waals surface area (Å²) in [5.41, 5.74) is 6.47. The molecular weight excluding hydrogens is 238 g/mol. The fraction of sp³-hybridized carbons (Fsp3) is 0.500. The maximum atomic E-state index is 5.79. The molecule has 0 unspecified atom stereocenters. The predicted molar refractivity (Wildman–Crippen MR) is 71.6 cm³/mol. The van der Waals surface area contributed by atoms with Crippen LogP contribution in [0.15, 0.2) is 29.2 Å². The molecule has 0 aromatic heterocycles. The van der Waals surface area contributed by atoms with Gasteiger partial charge in [-0.3, -0.25) is 12.5 Å². The smallest absolute Gasteiger partial charge is 0.120 e. The summed E-state index contributed by atoms with van der Waals surface area (Å²) < 4.78 is 17.2. The van der Waals surface area contributed by atoms with Gasteiger partial charge in [0.1, 0.15) is 10.9 Å². The van der Waals surface area contributed by atoms with E-state index in [-0.39, 0.29) is 0 Å². The van der Waals surface area contributed by atoms with Gasteiger partial charge < -0.3 is 5.73 Å². The van der Waals surface area contributed by atoms with E-state index in [1.165, 1.54) is 0 Å². The molecule has 17 heavy (non-hydrogen) atoms. The first-order valence-electron chi connectivity index (χ1n) is 5.80. The van der Waals surface area contributed by atoms with Crippen LogP contribution in [0.25, 0.3) is 0 Å². The van der Waals surface area contributed by atoms with Crippen LogP contribution in [0.1, 0.15) is 20.8 Å². The number of nitrogen functional groups attached to an aromatic ring is 1. The normalized spacial score (nSPS) is 12.6. The lowest BCUT2D eigenvalue weighted by molar-refractivity contribution is 0.185. The minimum Gasteiger partial charge on any atom is -0.399 e. The van der Waals surface area contributed by atoms with Crippen LogP contribution in [0.5, 0.6) is 0 Å². The number of hydrogen-bond acceptors (Lipinski definition) is 4. The Hall–Kier alpha value is -0.750. The number of anilines is 1. The molecule has 1 aromatic rings. The third kappa shape index (κ3) is 3.61. The van der Waals surface area contributed by atoms with Crippen LogP contribution in [0.3, 0.4) is 0 Å². The number of rotatable bonds is 7. The van der Waals surface area contributed by atoms with Crippen LogP contribution < -0.4 is 5.73 Å². The molecule has 0 spiro atoms. The van der Waals surface area contributed by atoms with Crippen molar-refractivity contribution in [2.24, 2.45) is 0 Å². The lowest BCUT2D eigenvalue weighted by Gasteiger charge is -2.36. The molecule has 1 aromatic carbocycles. The van der Waals surface area contributed by atoms with Gasteiger partial charge in [-0.05, 0) is 39.0 Å². The van der Waals surface area contributed by atoms with Crippen LogP contribution in [0, 0.1) is 0 Å². The molecule has 0 fully saturated rings. The van der Waals surface area contributed by atoms with Crippen LogP contribution >= 0.6 is 10.9 Å². The third-order valence-corrected chi connectivity index (χ3v) is 4.44. The first kappa shape index (κ1) is 14.3. The average molecular weight is 259 g/mol. The summed E-state index contributed by atoms with van der Waals surface area (Å²) in [6, 6.07) is 7.48. The van der Waals surface area contributed by atoms with E-state index in [0.29, 0.717) is 25.5 Å². The second kappa shape index (κ2) is 6.86. The van der Waals surface area contributed by atoms with Gasteiger partial charge in [-0.1, -0.05) is 6.07 Å². The summed E-state index contributed by atoms with van der Waals surface area (Å²) in [5.74, 6) is 0. The lowest BCUT2D eigenvalue weighted by atomic mass is 10.3. The molecule has 0 aliphatic carbocycles. The summed E-state index contributed by atoms with van der Waals surface area (Å²) >= 11 is 0. The van der Waals surface area contributed by atoms with Gasteiger partial charge in [-0.15, -0.1) is 0 Å². The summed E-state index contributed by atoms with van der Waals surface area (Å²) in [7, 11) is -2.13. The first-order chi connectivity index (χ1) is 8.18. The molecule has 5 heteroatoms. The second-order valence-corrected chi connectivity index (χ2v) is 5.33. The molecule has 0 saturated heterocycles. The standard InChI is InChI=1S/C12H21NO3S/c1-4-14-17(15-5-2,16-6-3)12-9-7-8-11(13)10-12/h7-10H,4-6,13H2,1-3H3. The summed E-state index contributed by atoms with van der Waals surface area (Å²) in [5, 5.41) is 0. The Kier molecular flexibility index (Phi) is 5.77. The van der Waals surface area contributed by atoms with E-state index in [1.807, 2.05) is 45.0 Å². The Morgan fingerprint density at radius 1 is 1.00 bits per heavy atom. The topological polar surface area (TPSA) is 53.7 Å². The highest BCUT2D eigenvalue weighted by Gasteiger charge is 2.29. The van der Waals surface area contributed by atoms with Crippen molar-refractivity contribution in [2.75, 3.05) is 25.6 Å². The lowest BCUT2D eigenvalue weighted by Crippen LogP contribution is -2.13. The molecule has 0 atom stereocenters. The minimum absolute atomic E-state index is 0.532. The zero-order valence-electron chi connectivity index (χ0n) is 10.6. The van der Waals surface area contributed by atoms with E-state index in [0.717, 1.165) is 4.90 Å². The molecular formula is C12H21NO3S. The van der Waals surface area contributed by atoms with Crippen LogP contribution in [0.4, 0.5) is 5.69 Å². The summed E-state index contributed by atoms with van der Waals surface area (Å²) in [6.07, 6.45) is 0. The van der Waals surface area contributed by atoms with Crippen molar-refractivity contribution in [2.45, 2.75) is 25.7 Å². The van der Waals surface area contributed by atoms with Crippen molar-refractivity contribution in [1.29, 1.82) is 0 Å². The van der Waals surface area contributed by atoms with Gasteiger partial charge >= 0.3 is 0 Å². The molecule has 0 saturated carbocycles. The van der Waals surface area contributed by atoms with Crippen molar-refractivity contribution in [1.82, 2.24) is 0 Å². The highest BCUT2D eigenvalue weighted by Crippen LogP contribution is 2.58. The minimum atomic E-state index is -2.13. The van der Waals surface area contributed by atoms with E-state index in [4.69, 9.17) is 18.3 Å². The van der Waals surface area contributed by atoms with E-state index >= 15 is 0 Å². The van der Waals surface area contributed by atoms with E-state index in [1.54, 1.807) is 0 Å². The SMILES string of the molecule is CCOS(OCC)(OCC)c1cccc(N)c1. The van der Waals surface area contributed by atoms with Gasteiger partial charge in [0, 0.05) is 5.69 Å². The zero-order valence-corrected chi connectivity index (χ0v) is 11.5. The van der Waals surface area contributed by atoms with Crippen LogP contribution in [0.2, 0.25) is 0 Å². The zero-order chi connectivity index (χ0) is 12.7. The van der Waals surface area contributed by atoms with Crippen molar-refractivity contribution in [3.8, 4) is 0 Å². The number of benzene rings is 1. The highest BCUT2D eigenvalue weighted by atomic mass is 32.3. The molecule has 0 heterocycles. The highest BCUT2D eigenvalue weighted by molar-refractivity contribution is 8.21. The molecule has 2 N–H and O–H groups in total. The fourth-order valence-corrected chi connectivity index (χ4v) is 3.51. The maximum Gasteiger partial charge on any atom is 0.120 e. The average Bonchev–Trinajstić information content (AvgIpc) is 2.30. The molecule has 0 bridgehead atoms. The number of nitrogens with two attached hydrogens (primary N) is 1. The van der Waals surface area contributed by atoms with Crippen LogP contribution in [-0.2, 0) is 12.5 Å². The van der Waals surface area contributed by atoms with Gasteiger partial charge in [0.25, 0.3) is 0 Å². The number of hydrogen-bond donors (Lipinski definition) is 1. The molecule has 1 rings (SSSR count). The Morgan fingerprint density at radius 2 is 1.53 bits per heavy atom. The van der Waals surface area contributed by atoms with Crippen LogP contribution in [-0.4, -0.2) is 19.8 Å². The quantitative estimate of drug-likeness (QED) is 0.763. The molecule has 0 aliphatic heterocycles. The van der Waals surface area contributed by atoms with Gasteiger partial charge in [0.2, 0.25) is 0 Å². The predicted octanol–water partition coefficient (Wildman–Crippen LogP) is 3.29. The Bertz CT molecular complexity index is 329. The fourth-order valence-electron chi connectivity index (χ4n) is 1.44. The van der Waals surface area contributed by atoms with E-state index < -0.39 is 10.9 Å². The second-order valence-electron chi connectivity index (χ2n) is 3.25. The van der Waals surface area contributed by atoms with Crippen molar-refractivity contribution in [3.63, 3.8) is 0 Å².